The normalized spacial score (nSPS) is 11.6. The molecule has 0 amide bonds. The molecule has 0 bridgehead atoms. The molecule has 2 aromatic rings. The van der Waals surface area contributed by atoms with Gasteiger partial charge in [0.25, 0.3) is 10.1 Å². The zero-order valence-corrected chi connectivity index (χ0v) is 29.1. The molecule has 2 rings (SSSR count). The molecule has 0 spiro atoms. The van der Waals surface area contributed by atoms with Crippen molar-refractivity contribution in [3.05, 3.63) is 41.5 Å². The van der Waals surface area contributed by atoms with Crippen LogP contribution in [0.1, 0.15) is 173 Å². The van der Waals surface area contributed by atoms with E-state index in [9.17, 15) is 13.0 Å². The van der Waals surface area contributed by atoms with Crippen LogP contribution in [-0.4, -0.2) is 19.5 Å². The van der Waals surface area contributed by atoms with E-state index in [4.69, 9.17) is 5.73 Å². The topological polar surface area (TPSA) is 80.4 Å². The highest BCUT2D eigenvalue weighted by atomic mass is 32.2. The summed E-state index contributed by atoms with van der Waals surface area (Å²) in [6.07, 6.45) is 29.6. The first-order valence-corrected chi connectivity index (χ1v) is 19.6. The van der Waals surface area contributed by atoms with E-state index >= 15 is 0 Å². The summed E-state index contributed by atoms with van der Waals surface area (Å²) < 4.78 is 35.1. The van der Waals surface area contributed by atoms with Gasteiger partial charge in [-0.15, -0.1) is 0 Å². The fraction of sp³-hybridized carbons (Fsp3) is 0.737. The van der Waals surface area contributed by atoms with E-state index in [0.717, 1.165) is 55.2 Å². The molecule has 0 heterocycles. The highest BCUT2D eigenvalue weighted by Crippen LogP contribution is 2.32. The molecule has 0 unspecified atom stereocenters. The molecule has 0 radical (unpaired) electrons. The third-order valence-electron chi connectivity index (χ3n) is 8.59. The van der Waals surface area contributed by atoms with Crippen LogP contribution >= 0.6 is 0 Å². The van der Waals surface area contributed by atoms with Gasteiger partial charge in [0, 0.05) is 5.39 Å². The van der Waals surface area contributed by atoms with Gasteiger partial charge >= 0.3 is 0 Å². The maximum atomic E-state index is 12.5. The Balaban J connectivity index is 0.000000712. The summed E-state index contributed by atoms with van der Waals surface area (Å²) in [5.41, 5.74) is 7.35. The molecule has 4 nitrogen and oxygen atoms in total. The monoisotopic (exact) mass is 617 g/mol. The van der Waals surface area contributed by atoms with Crippen LogP contribution < -0.4 is 5.73 Å². The van der Waals surface area contributed by atoms with Gasteiger partial charge in [-0.25, -0.2) is 0 Å². The summed E-state index contributed by atoms with van der Waals surface area (Å²) in [4.78, 5) is 0.152. The van der Waals surface area contributed by atoms with Gasteiger partial charge in [-0.2, -0.15) is 8.42 Å². The smallest absolute Gasteiger partial charge is 0.295 e. The van der Waals surface area contributed by atoms with Crippen LogP contribution in [0.25, 0.3) is 10.8 Å². The fourth-order valence-corrected chi connectivity index (χ4v) is 7.02. The van der Waals surface area contributed by atoms with Gasteiger partial charge in [-0.1, -0.05) is 173 Å². The van der Waals surface area contributed by atoms with Crippen LogP contribution in [0.3, 0.4) is 0 Å². The molecule has 0 saturated heterocycles. The Bertz CT molecular complexity index is 1040. The van der Waals surface area contributed by atoms with Crippen molar-refractivity contribution in [2.45, 2.75) is 180 Å². The lowest BCUT2D eigenvalue weighted by atomic mass is 9.93. The second-order valence-electron chi connectivity index (χ2n) is 12.5. The molecular weight excluding hydrogens is 550 g/mol. The molecule has 0 aliphatic rings. The summed E-state index contributed by atoms with van der Waals surface area (Å²) in [7, 11) is -4.28. The first-order valence-electron chi connectivity index (χ1n) is 18.1. The zero-order chi connectivity index (χ0) is 31.6. The summed E-state index contributed by atoms with van der Waals surface area (Å²) in [5, 5.41) is 1.55. The fourth-order valence-electron chi connectivity index (χ4n) is 6.01. The van der Waals surface area contributed by atoms with Crippen molar-refractivity contribution in [1.29, 1.82) is 0 Å². The minimum absolute atomic E-state index is 0.152. The van der Waals surface area contributed by atoms with E-state index in [2.05, 4.69) is 26.8 Å². The third-order valence-corrected chi connectivity index (χ3v) is 9.57. The van der Waals surface area contributed by atoms with Crippen LogP contribution in [0.2, 0.25) is 0 Å². The van der Waals surface area contributed by atoms with Crippen LogP contribution in [0.15, 0.2) is 35.2 Å². The minimum atomic E-state index is -4.28. The molecule has 0 atom stereocenters. The number of fused-ring (bicyclic) bond motifs is 1. The summed E-state index contributed by atoms with van der Waals surface area (Å²) >= 11 is 0. The van der Waals surface area contributed by atoms with E-state index in [-0.39, 0.29) is 4.90 Å². The van der Waals surface area contributed by atoms with E-state index < -0.39 is 10.1 Å². The van der Waals surface area contributed by atoms with E-state index in [1.807, 2.05) is 24.3 Å². The molecule has 0 aliphatic heterocycles. The van der Waals surface area contributed by atoms with Gasteiger partial charge in [0.2, 0.25) is 0 Å². The van der Waals surface area contributed by atoms with Crippen LogP contribution in [0, 0.1) is 0 Å². The number of aryl methyl sites for hydroxylation is 1. The highest BCUT2D eigenvalue weighted by molar-refractivity contribution is 7.86. The second-order valence-corrected chi connectivity index (χ2v) is 13.9. The van der Waals surface area contributed by atoms with Crippen molar-refractivity contribution in [2.75, 3.05) is 6.54 Å². The van der Waals surface area contributed by atoms with Crippen molar-refractivity contribution in [1.82, 2.24) is 0 Å². The molecule has 5 heteroatoms. The Morgan fingerprint density at radius 2 is 1.00 bits per heavy atom. The number of hydrogen-bond acceptors (Lipinski definition) is 3. The van der Waals surface area contributed by atoms with Gasteiger partial charge < -0.3 is 5.73 Å². The summed E-state index contributed by atoms with van der Waals surface area (Å²) in [6.45, 7) is 7.59. The minimum Gasteiger partial charge on any atom is -0.330 e. The molecule has 248 valence electrons. The molecule has 0 fully saturated rings. The predicted molar refractivity (Wildman–Crippen MR) is 189 cm³/mol. The number of hydrogen-bond donors (Lipinski definition) is 2. The first kappa shape index (κ1) is 39.6. The van der Waals surface area contributed by atoms with Crippen LogP contribution in [0.4, 0.5) is 0 Å². The molecule has 0 aliphatic carbocycles. The number of nitrogens with two attached hydrogens (primary N) is 1. The van der Waals surface area contributed by atoms with Gasteiger partial charge in [-0.05, 0) is 55.2 Å². The third kappa shape index (κ3) is 18.2. The van der Waals surface area contributed by atoms with Crippen molar-refractivity contribution in [3.63, 3.8) is 0 Å². The first-order chi connectivity index (χ1) is 20.9. The Hall–Kier alpha value is -1.43. The molecule has 2 aromatic carbocycles. The maximum Gasteiger partial charge on any atom is 0.295 e. The average Bonchev–Trinajstić information content (AvgIpc) is 2.99. The zero-order valence-electron chi connectivity index (χ0n) is 28.3. The quantitative estimate of drug-likeness (QED) is 0.0858. The Morgan fingerprint density at radius 3 is 1.47 bits per heavy atom. The maximum absolute atomic E-state index is 12.5. The van der Waals surface area contributed by atoms with E-state index in [1.54, 1.807) is 0 Å². The molecule has 0 aromatic heterocycles. The van der Waals surface area contributed by atoms with Gasteiger partial charge in [0.1, 0.15) is 4.90 Å². The molecular formula is C38H67NO3S. The van der Waals surface area contributed by atoms with Crippen molar-refractivity contribution >= 4 is 20.9 Å². The van der Waals surface area contributed by atoms with E-state index in [0.29, 0.717) is 5.39 Å². The van der Waals surface area contributed by atoms with Crippen molar-refractivity contribution < 1.29 is 13.0 Å². The second kappa shape index (κ2) is 25.9. The van der Waals surface area contributed by atoms with E-state index in [1.165, 1.54) is 122 Å². The van der Waals surface area contributed by atoms with Crippen molar-refractivity contribution in [2.24, 2.45) is 5.73 Å². The number of rotatable bonds is 25. The number of benzene rings is 2. The van der Waals surface area contributed by atoms with Crippen LogP contribution in [0.5, 0.6) is 0 Å². The molecule has 0 saturated carbocycles. The highest BCUT2D eigenvalue weighted by Gasteiger charge is 2.22. The molecule has 3 N–H and O–H groups in total. The Kier molecular flexibility index (Phi) is 23.8. The lowest BCUT2D eigenvalue weighted by molar-refractivity contribution is 0.482. The summed E-state index contributed by atoms with van der Waals surface area (Å²) in [5.74, 6) is 0. The Morgan fingerprint density at radius 1 is 0.581 bits per heavy atom. The lowest BCUT2D eigenvalue weighted by Gasteiger charge is -2.17. The predicted octanol–water partition coefficient (Wildman–Crippen LogP) is 11.8. The largest absolute Gasteiger partial charge is 0.330 e. The van der Waals surface area contributed by atoms with Gasteiger partial charge in [0.15, 0.2) is 0 Å². The SMILES string of the molecule is CCCCCCCCCCN.CCCCCCCCCc1cc2ccccc2c(S(=O)(=O)O)c1CCCCCCCCC. The summed E-state index contributed by atoms with van der Waals surface area (Å²) in [6, 6.07) is 9.73. The van der Waals surface area contributed by atoms with Crippen LogP contribution in [-0.2, 0) is 23.0 Å². The Labute approximate surface area is 266 Å². The number of unbranched alkanes of at least 4 members (excludes halogenated alkanes) is 19. The van der Waals surface area contributed by atoms with Crippen molar-refractivity contribution in [3.8, 4) is 0 Å². The van der Waals surface area contributed by atoms with Gasteiger partial charge in [0.05, 0.1) is 0 Å². The van der Waals surface area contributed by atoms with Gasteiger partial charge in [-0.3, -0.25) is 4.55 Å². The standard InChI is InChI=1S/C28H44O3S.C10H23N/c1-3-5-7-9-11-13-15-19-24-23-25-20-17-18-22-27(25)28(32(29,30)31)26(24)21-16-14-12-10-8-6-4-2;1-2-3-4-5-6-7-8-9-10-11/h17-18,20,22-23H,3-16,19,21H2,1-2H3,(H,29,30,31);2-11H2,1H3. The molecule has 43 heavy (non-hydrogen) atoms. The lowest BCUT2D eigenvalue weighted by Crippen LogP contribution is -2.08. The average molecular weight is 618 g/mol.